The van der Waals surface area contributed by atoms with Crippen LogP contribution < -0.4 is 10.4 Å². The molecular weight excluding hydrogens is 524 g/mol. The highest BCUT2D eigenvalue weighted by Gasteiger charge is 2.57. The van der Waals surface area contributed by atoms with E-state index in [4.69, 9.17) is 9.39 Å². The van der Waals surface area contributed by atoms with Crippen LogP contribution in [-0.2, 0) is 19.0 Å². The molecule has 0 saturated carbocycles. The normalized spacial score (nSPS) is 24.6. The van der Waals surface area contributed by atoms with E-state index in [1.807, 2.05) is 25.1 Å². The van der Waals surface area contributed by atoms with E-state index in [1.165, 1.54) is 12.1 Å². The molecule has 0 bridgehead atoms. The van der Waals surface area contributed by atoms with Gasteiger partial charge in [-0.05, 0) is 72.7 Å². The minimum atomic E-state index is -1.73. The molecule has 4 atom stereocenters. The number of fused-ring (bicyclic) bond motifs is 3. The number of rotatable bonds is 9. The molecule has 9 nitrogen and oxygen atoms in total. The van der Waals surface area contributed by atoms with Crippen LogP contribution in [0.4, 0.5) is 5.69 Å². The highest BCUT2D eigenvalue weighted by Crippen LogP contribution is 2.51. The van der Waals surface area contributed by atoms with E-state index in [1.54, 1.807) is 31.4 Å². The van der Waals surface area contributed by atoms with Crippen LogP contribution in [0.3, 0.4) is 0 Å². The maximum absolute atomic E-state index is 13.9. The summed E-state index contributed by atoms with van der Waals surface area (Å²) in [5.74, 6) is -2.16. The number of aromatic hydroxyl groups is 1. The number of carbonyl (C=O) groups is 2. The van der Waals surface area contributed by atoms with E-state index in [-0.39, 0.29) is 36.0 Å². The molecule has 2 heterocycles. The molecule has 4 N–H and O–H groups in total. The highest BCUT2D eigenvalue weighted by atomic mass is 16.5. The molecule has 2 fully saturated rings. The number of phenolic OH excluding ortho intramolecular Hbond substituents is 1. The lowest BCUT2D eigenvalue weighted by Crippen LogP contribution is -2.46. The van der Waals surface area contributed by atoms with Crippen LogP contribution in [0.2, 0.25) is 6.32 Å². The Bertz CT molecular complexity index is 1380. The van der Waals surface area contributed by atoms with Gasteiger partial charge < -0.3 is 29.6 Å². The van der Waals surface area contributed by atoms with Gasteiger partial charge in [0.25, 0.3) is 0 Å². The molecule has 0 spiro atoms. The first-order valence-corrected chi connectivity index (χ1v) is 14.1. The van der Waals surface area contributed by atoms with Gasteiger partial charge in [0.2, 0.25) is 11.8 Å². The van der Waals surface area contributed by atoms with E-state index < -0.39 is 38.1 Å². The molecule has 2 aromatic carbocycles. The summed E-state index contributed by atoms with van der Waals surface area (Å²) in [6.07, 6.45) is 4.03. The SMILES string of the molecule is CC/C(=C\c1ccccc1O)CC[C@H]1OB(O)C[C@H]2C1=C(COC)C[C@H]1C(=O)N(c3cccc(B(O)O)c3)C(=O)[C@H]12. The van der Waals surface area contributed by atoms with Gasteiger partial charge in [-0.2, -0.15) is 0 Å². The van der Waals surface area contributed by atoms with Gasteiger partial charge in [0.1, 0.15) is 5.75 Å². The van der Waals surface area contributed by atoms with Gasteiger partial charge in [-0.25, -0.2) is 0 Å². The number of amides is 2. The number of anilines is 1. The molecule has 3 aliphatic rings. The zero-order valence-corrected chi connectivity index (χ0v) is 23.3. The molecule has 2 amide bonds. The van der Waals surface area contributed by atoms with Crippen LogP contribution in [0.15, 0.2) is 65.3 Å². The largest absolute Gasteiger partial charge is 0.507 e. The number of imide groups is 1. The fourth-order valence-corrected chi connectivity index (χ4v) is 6.65. The van der Waals surface area contributed by atoms with Crippen molar-refractivity contribution in [3.05, 3.63) is 70.8 Å². The van der Waals surface area contributed by atoms with E-state index in [9.17, 15) is 29.8 Å². The molecule has 0 radical (unpaired) electrons. The van der Waals surface area contributed by atoms with Crippen molar-refractivity contribution in [3.63, 3.8) is 0 Å². The molecule has 1 aliphatic carbocycles. The van der Waals surface area contributed by atoms with Crippen molar-refractivity contribution in [3.8, 4) is 5.75 Å². The van der Waals surface area contributed by atoms with E-state index in [0.29, 0.717) is 24.9 Å². The summed E-state index contributed by atoms with van der Waals surface area (Å²) in [4.78, 5) is 28.7. The third-order valence-corrected chi connectivity index (χ3v) is 8.53. The zero-order valence-electron chi connectivity index (χ0n) is 23.3. The van der Waals surface area contributed by atoms with Crippen molar-refractivity contribution in [2.45, 2.75) is 45.0 Å². The standard InChI is InChI=1S/C30H35B2NO8/c1-3-18(13-19-7-4-5-10-25(19)34)11-12-26-27-20(17-40-2)14-23-28(24(27)16-31(37)41-26)30(36)33(29(23)35)22-9-6-8-21(15-22)32(38)39/h4-10,13,15,23-24,26,28,34,37-39H,3,11-12,14,16-17H2,1-2H3/b18-13+/t23-,24+,26-,28-/m1/s1. The second kappa shape index (κ2) is 12.3. The van der Waals surface area contributed by atoms with Crippen LogP contribution in [0.1, 0.15) is 38.2 Å². The minimum absolute atomic E-state index is 0.182. The summed E-state index contributed by atoms with van der Waals surface area (Å²) in [5, 5.41) is 40.3. The topological polar surface area (TPSA) is 137 Å². The lowest BCUT2D eigenvalue weighted by molar-refractivity contribution is -0.122. The van der Waals surface area contributed by atoms with Crippen molar-refractivity contribution in [1.82, 2.24) is 0 Å². The Balaban J connectivity index is 1.45. The second-order valence-electron chi connectivity index (χ2n) is 11.0. The first kappa shape index (κ1) is 29.3. The van der Waals surface area contributed by atoms with Crippen molar-refractivity contribution in [1.29, 1.82) is 0 Å². The predicted octanol–water partition coefficient (Wildman–Crippen LogP) is 2.29. The smallest absolute Gasteiger partial charge is 0.488 e. The lowest BCUT2D eigenvalue weighted by Gasteiger charge is -2.43. The van der Waals surface area contributed by atoms with Gasteiger partial charge in [-0.1, -0.05) is 48.9 Å². The van der Waals surface area contributed by atoms with Crippen LogP contribution in [0, 0.1) is 17.8 Å². The summed E-state index contributed by atoms with van der Waals surface area (Å²) in [5.41, 5.74) is 4.17. The summed E-state index contributed by atoms with van der Waals surface area (Å²) in [6, 6.07) is 13.3. The van der Waals surface area contributed by atoms with Crippen LogP contribution in [-0.4, -0.2) is 66.1 Å². The number of hydrogen-bond acceptors (Lipinski definition) is 8. The summed E-state index contributed by atoms with van der Waals surface area (Å²) in [6.45, 7) is 2.33. The van der Waals surface area contributed by atoms with Crippen molar-refractivity contribution < 1.29 is 39.2 Å². The number of carbonyl (C=O) groups excluding carboxylic acids is 2. The number of methoxy groups -OCH3 is 1. The summed E-state index contributed by atoms with van der Waals surface area (Å²) >= 11 is 0. The number of para-hydroxylation sites is 1. The van der Waals surface area contributed by atoms with Gasteiger partial charge in [0.05, 0.1) is 30.2 Å². The Morgan fingerprint density at radius 2 is 1.93 bits per heavy atom. The Morgan fingerprint density at radius 3 is 2.63 bits per heavy atom. The van der Waals surface area contributed by atoms with Gasteiger partial charge >= 0.3 is 14.2 Å². The molecule has 0 aromatic heterocycles. The predicted molar refractivity (Wildman–Crippen MR) is 156 cm³/mol. The summed E-state index contributed by atoms with van der Waals surface area (Å²) in [7, 11) is -1.23. The number of allylic oxidation sites excluding steroid dienone is 1. The second-order valence-corrected chi connectivity index (χ2v) is 11.0. The Kier molecular flexibility index (Phi) is 8.82. The number of phenols is 1. The Hall–Kier alpha value is -3.21. The molecule has 2 aromatic rings. The van der Waals surface area contributed by atoms with E-state index >= 15 is 0 Å². The van der Waals surface area contributed by atoms with Gasteiger partial charge in [-0.3, -0.25) is 14.5 Å². The van der Waals surface area contributed by atoms with Crippen LogP contribution in [0.25, 0.3) is 6.08 Å². The number of benzene rings is 2. The molecule has 41 heavy (non-hydrogen) atoms. The molecule has 214 valence electrons. The highest BCUT2D eigenvalue weighted by molar-refractivity contribution is 6.58. The van der Waals surface area contributed by atoms with Gasteiger partial charge in [-0.15, -0.1) is 0 Å². The number of nitrogens with zero attached hydrogens (tertiary/aromatic N) is 1. The number of ether oxygens (including phenoxy) is 1. The minimum Gasteiger partial charge on any atom is -0.507 e. The molecule has 2 saturated heterocycles. The Labute approximate surface area is 240 Å². The van der Waals surface area contributed by atoms with Crippen molar-refractivity contribution in [2.24, 2.45) is 17.8 Å². The molecular formula is C30H35B2NO8. The maximum Gasteiger partial charge on any atom is 0.488 e. The van der Waals surface area contributed by atoms with Crippen LogP contribution >= 0.6 is 0 Å². The molecule has 2 aliphatic heterocycles. The third kappa shape index (κ3) is 5.78. The van der Waals surface area contributed by atoms with E-state index in [0.717, 1.165) is 33.6 Å². The maximum atomic E-state index is 13.9. The average molecular weight is 559 g/mol. The third-order valence-electron chi connectivity index (χ3n) is 8.53. The Morgan fingerprint density at radius 1 is 1.15 bits per heavy atom. The van der Waals surface area contributed by atoms with Crippen LogP contribution in [0.5, 0.6) is 5.75 Å². The quantitative estimate of drug-likeness (QED) is 0.209. The average Bonchev–Trinajstić information content (AvgIpc) is 3.21. The fraction of sp³-hybridized carbons (Fsp3) is 0.400. The van der Waals surface area contributed by atoms with E-state index in [2.05, 4.69) is 0 Å². The lowest BCUT2D eigenvalue weighted by atomic mass is 9.58. The van der Waals surface area contributed by atoms with Crippen molar-refractivity contribution >= 4 is 43.3 Å². The molecule has 5 rings (SSSR count). The monoisotopic (exact) mass is 559 g/mol. The van der Waals surface area contributed by atoms with Gasteiger partial charge in [0.15, 0.2) is 0 Å². The molecule has 11 heteroatoms. The first-order valence-electron chi connectivity index (χ1n) is 14.1. The van der Waals surface area contributed by atoms with Gasteiger partial charge in [0, 0.05) is 12.7 Å². The first-order chi connectivity index (χ1) is 19.7. The fourth-order valence-electron chi connectivity index (χ4n) is 6.65. The summed E-state index contributed by atoms with van der Waals surface area (Å²) < 4.78 is 11.6. The van der Waals surface area contributed by atoms with Crippen molar-refractivity contribution in [2.75, 3.05) is 18.6 Å². The zero-order chi connectivity index (χ0) is 29.3. The molecule has 0 unspecified atom stereocenters. The number of hydrogen-bond donors (Lipinski definition) is 4.